The van der Waals surface area contributed by atoms with E-state index in [4.69, 9.17) is 10.7 Å². The highest BCUT2D eigenvalue weighted by molar-refractivity contribution is 5.41. The predicted molar refractivity (Wildman–Crippen MR) is 88.5 cm³/mol. The van der Waals surface area contributed by atoms with Crippen molar-refractivity contribution in [1.82, 2.24) is 4.98 Å². The van der Waals surface area contributed by atoms with Gasteiger partial charge < -0.3 is 10.6 Å². The van der Waals surface area contributed by atoms with Crippen LogP contribution in [-0.4, -0.2) is 23.6 Å². The zero-order chi connectivity index (χ0) is 14.7. The molecular formula is C18H29N3. The van der Waals surface area contributed by atoms with Crippen LogP contribution in [-0.2, 0) is 6.42 Å². The Labute approximate surface area is 128 Å². The van der Waals surface area contributed by atoms with Gasteiger partial charge in [0.05, 0.1) is 0 Å². The lowest BCUT2D eigenvalue weighted by molar-refractivity contribution is 0.242. The van der Waals surface area contributed by atoms with Crippen LogP contribution in [0.1, 0.15) is 57.4 Å². The summed E-state index contributed by atoms with van der Waals surface area (Å²) in [6.07, 6.45) is 12.3. The van der Waals surface area contributed by atoms with Gasteiger partial charge in [-0.2, -0.15) is 0 Å². The minimum atomic E-state index is 0.260. The number of nitrogens with two attached hydrogens (primary N) is 1. The molecule has 1 aliphatic heterocycles. The van der Waals surface area contributed by atoms with Crippen molar-refractivity contribution in [3.05, 3.63) is 23.9 Å². The SMILES string of the molecule is CCC(N)Cc1ccc(N2CCCC3CCCCC32)nc1. The van der Waals surface area contributed by atoms with Crippen LogP contribution in [0.3, 0.4) is 0 Å². The Morgan fingerprint density at radius 1 is 1.24 bits per heavy atom. The van der Waals surface area contributed by atoms with Crippen LogP contribution in [0.5, 0.6) is 0 Å². The van der Waals surface area contributed by atoms with Crippen molar-refractivity contribution in [2.45, 2.75) is 70.4 Å². The van der Waals surface area contributed by atoms with E-state index in [1.54, 1.807) is 0 Å². The fourth-order valence-corrected chi connectivity index (χ4v) is 4.06. The minimum Gasteiger partial charge on any atom is -0.353 e. The molecule has 1 aromatic heterocycles. The lowest BCUT2D eigenvalue weighted by Gasteiger charge is -2.44. The average molecular weight is 287 g/mol. The summed E-state index contributed by atoms with van der Waals surface area (Å²) in [4.78, 5) is 7.33. The second-order valence-corrected chi connectivity index (χ2v) is 6.84. The standard InChI is InChI=1S/C18H29N3/c1-2-16(19)12-14-9-10-18(20-13-14)21-11-5-7-15-6-3-4-8-17(15)21/h9-10,13,15-17H,2-8,11-12,19H2,1H3. The molecule has 1 saturated carbocycles. The Morgan fingerprint density at radius 2 is 2.05 bits per heavy atom. The van der Waals surface area contributed by atoms with E-state index in [1.165, 1.54) is 56.5 Å². The van der Waals surface area contributed by atoms with Gasteiger partial charge in [-0.05, 0) is 56.1 Å². The maximum absolute atomic E-state index is 6.04. The van der Waals surface area contributed by atoms with Gasteiger partial charge in [-0.25, -0.2) is 4.98 Å². The first-order valence-corrected chi connectivity index (χ1v) is 8.75. The maximum Gasteiger partial charge on any atom is 0.128 e. The number of hydrogen-bond acceptors (Lipinski definition) is 3. The molecule has 2 fully saturated rings. The molecule has 3 rings (SSSR count). The third-order valence-corrected chi connectivity index (χ3v) is 5.37. The number of anilines is 1. The van der Waals surface area contributed by atoms with Gasteiger partial charge in [0.15, 0.2) is 0 Å². The summed E-state index contributed by atoms with van der Waals surface area (Å²) in [5.74, 6) is 2.09. The molecule has 1 saturated heterocycles. The lowest BCUT2D eigenvalue weighted by Crippen LogP contribution is -2.47. The van der Waals surface area contributed by atoms with E-state index in [0.29, 0.717) is 0 Å². The van der Waals surface area contributed by atoms with Crippen molar-refractivity contribution in [2.24, 2.45) is 11.7 Å². The molecule has 2 aliphatic rings. The number of piperidine rings is 1. The van der Waals surface area contributed by atoms with E-state index in [1.807, 2.05) is 6.20 Å². The average Bonchev–Trinajstić information content (AvgIpc) is 2.55. The van der Waals surface area contributed by atoms with E-state index in [9.17, 15) is 0 Å². The zero-order valence-corrected chi connectivity index (χ0v) is 13.3. The highest BCUT2D eigenvalue weighted by Gasteiger charge is 2.33. The first-order valence-electron chi connectivity index (χ1n) is 8.75. The van der Waals surface area contributed by atoms with Gasteiger partial charge in [-0.3, -0.25) is 0 Å². The first kappa shape index (κ1) is 14.8. The topological polar surface area (TPSA) is 42.1 Å². The van der Waals surface area contributed by atoms with E-state index in [2.05, 4.69) is 24.0 Å². The molecule has 3 heteroatoms. The third-order valence-electron chi connectivity index (χ3n) is 5.37. The van der Waals surface area contributed by atoms with Gasteiger partial charge >= 0.3 is 0 Å². The zero-order valence-electron chi connectivity index (χ0n) is 13.3. The molecule has 1 aliphatic carbocycles. The number of aromatic nitrogens is 1. The second-order valence-electron chi connectivity index (χ2n) is 6.84. The van der Waals surface area contributed by atoms with Gasteiger partial charge in [-0.1, -0.05) is 25.8 Å². The van der Waals surface area contributed by atoms with Gasteiger partial charge in [0.2, 0.25) is 0 Å². The van der Waals surface area contributed by atoms with Gasteiger partial charge in [0, 0.05) is 24.8 Å². The van der Waals surface area contributed by atoms with E-state index in [0.717, 1.165) is 24.8 Å². The summed E-state index contributed by atoms with van der Waals surface area (Å²) in [5.41, 5.74) is 7.30. The van der Waals surface area contributed by atoms with Crippen LogP contribution >= 0.6 is 0 Å². The molecule has 116 valence electrons. The van der Waals surface area contributed by atoms with Gasteiger partial charge in [-0.15, -0.1) is 0 Å². The maximum atomic E-state index is 6.04. The Balaban J connectivity index is 1.70. The monoisotopic (exact) mass is 287 g/mol. The number of hydrogen-bond donors (Lipinski definition) is 1. The van der Waals surface area contributed by atoms with Crippen molar-refractivity contribution in [2.75, 3.05) is 11.4 Å². The summed E-state index contributed by atoms with van der Waals surface area (Å²) in [6, 6.07) is 5.44. The van der Waals surface area contributed by atoms with Gasteiger partial charge in [0.1, 0.15) is 5.82 Å². The summed E-state index contributed by atoms with van der Waals surface area (Å²) in [5, 5.41) is 0. The normalized spacial score (nSPS) is 27.2. The number of rotatable bonds is 4. The van der Waals surface area contributed by atoms with Crippen molar-refractivity contribution in [1.29, 1.82) is 0 Å². The van der Waals surface area contributed by atoms with Crippen molar-refractivity contribution in [3.63, 3.8) is 0 Å². The van der Waals surface area contributed by atoms with E-state index >= 15 is 0 Å². The molecule has 0 aromatic carbocycles. The highest BCUT2D eigenvalue weighted by Crippen LogP contribution is 2.37. The van der Waals surface area contributed by atoms with Crippen molar-refractivity contribution < 1.29 is 0 Å². The Bertz CT molecular complexity index is 440. The fourth-order valence-electron chi connectivity index (χ4n) is 4.06. The predicted octanol–water partition coefficient (Wildman–Crippen LogP) is 3.52. The van der Waals surface area contributed by atoms with Crippen LogP contribution in [0.25, 0.3) is 0 Å². The van der Waals surface area contributed by atoms with Crippen LogP contribution in [0.4, 0.5) is 5.82 Å². The molecular weight excluding hydrogens is 258 g/mol. The minimum absolute atomic E-state index is 0.260. The van der Waals surface area contributed by atoms with Crippen LogP contribution in [0.2, 0.25) is 0 Å². The molecule has 2 N–H and O–H groups in total. The molecule has 0 spiro atoms. The summed E-state index contributed by atoms with van der Waals surface area (Å²) in [7, 11) is 0. The molecule has 0 radical (unpaired) electrons. The quantitative estimate of drug-likeness (QED) is 0.921. The molecule has 1 aromatic rings. The Hall–Kier alpha value is -1.09. The van der Waals surface area contributed by atoms with E-state index in [-0.39, 0.29) is 6.04 Å². The fraction of sp³-hybridized carbons (Fsp3) is 0.722. The Morgan fingerprint density at radius 3 is 2.81 bits per heavy atom. The summed E-state index contributed by atoms with van der Waals surface area (Å²) >= 11 is 0. The number of pyridine rings is 1. The molecule has 0 amide bonds. The second kappa shape index (κ2) is 6.78. The van der Waals surface area contributed by atoms with Crippen LogP contribution in [0, 0.1) is 5.92 Å². The molecule has 3 atom stereocenters. The van der Waals surface area contributed by atoms with E-state index < -0.39 is 0 Å². The van der Waals surface area contributed by atoms with Crippen molar-refractivity contribution in [3.8, 4) is 0 Å². The molecule has 3 nitrogen and oxygen atoms in total. The van der Waals surface area contributed by atoms with Gasteiger partial charge in [0.25, 0.3) is 0 Å². The molecule has 2 heterocycles. The summed E-state index contributed by atoms with van der Waals surface area (Å²) < 4.78 is 0. The number of nitrogens with zero attached hydrogens (tertiary/aromatic N) is 2. The molecule has 21 heavy (non-hydrogen) atoms. The van der Waals surface area contributed by atoms with Crippen LogP contribution < -0.4 is 10.6 Å². The first-order chi connectivity index (χ1) is 10.3. The molecule has 0 bridgehead atoms. The summed E-state index contributed by atoms with van der Waals surface area (Å²) in [6.45, 7) is 3.32. The third kappa shape index (κ3) is 3.39. The lowest BCUT2D eigenvalue weighted by atomic mass is 9.78. The highest BCUT2D eigenvalue weighted by atomic mass is 15.2. The smallest absolute Gasteiger partial charge is 0.128 e. The molecule has 3 unspecified atom stereocenters. The van der Waals surface area contributed by atoms with Crippen LogP contribution in [0.15, 0.2) is 18.3 Å². The Kier molecular flexibility index (Phi) is 4.79. The number of fused-ring (bicyclic) bond motifs is 1. The largest absolute Gasteiger partial charge is 0.353 e. The van der Waals surface area contributed by atoms with Crippen molar-refractivity contribution >= 4 is 5.82 Å².